The maximum atomic E-state index is 11.5. The first-order valence-corrected chi connectivity index (χ1v) is 7.78. The van der Waals surface area contributed by atoms with E-state index in [0.29, 0.717) is 10.9 Å². The molecule has 6 heteroatoms. The minimum absolute atomic E-state index is 0.0929. The van der Waals surface area contributed by atoms with Gasteiger partial charge in [-0.1, -0.05) is 25.1 Å². The number of nitrogens with zero attached hydrogens (tertiary/aromatic N) is 2. The van der Waals surface area contributed by atoms with Crippen LogP contribution in [0.4, 0.5) is 0 Å². The molecule has 0 aliphatic carbocycles. The van der Waals surface area contributed by atoms with Gasteiger partial charge >= 0.3 is 0 Å². The Kier molecular flexibility index (Phi) is 5.15. The third-order valence-electron chi connectivity index (χ3n) is 2.42. The summed E-state index contributed by atoms with van der Waals surface area (Å²) >= 11 is 4.84. The molecule has 0 atom stereocenters. The van der Waals surface area contributed by atoms with Crippen LogP contribution in [0.5, 0.6) is 0 Å². The number of aryl methyl sites for hydroxylation is 1. The summed E-state index contributed by atoms with van der Waals surface area (Å²) in [6, 6.07) is 5.46. The Morgan fingerprint density at radius 2 is 2.21 bits per heavy atom. The smallest absolute Gasteiger partial charge is 0.251 e. The van der Waals surface area contributed by atoms with E-state index in [4.69, 9.17) is 0 Å². The molecule has 0 fully saturated rings. The van der Waals surface area contributed by atoms with Gasteiger partial charge in [0.2, 0.25) is 0 Å². The number of aromatic nitrogens is 3. The van der Waals surface area contributed by atoms with Crippen LogP contribution in [0.1, 0.15) is 24.7 Å². The molecule has 2 aromatic heterocycles. The molecule has 100 valence electrons. The lowest BCUT2D eigenvalue weighted by Crippen LogP contribution is -2.10. The molecule has 0 spiro atoms. The second kappa shape index (κ2) is 6.86. The summed E-state index contributed by atoms with van der Waals surface area (Å²) in [6.45, 7) is 2.07. The van der Waals surface area contributed by atoms with Crippen molar-refractivity contribution < 1.29 is 0 Å². The Labute approximate surface area is 124 Å². The number of aromatic amines is 1. The average Bonchev–Trinajstić information content (AvgIpc) is 2.38. The van der Waals surface area contributed by atoms with Crippen molar-refractivity contribution >= 4 is 27.7 Å². The summed E-state index contributed by atoms with van der Waals surface area (Å²) in [6.07, 6.45) is 3.57. The number of hydrogen-bond acceptors (Lipinski definition) is 4. The van der Waals surface area contributed by atoms with E-state index < -0.39 is 0 Å². The molecule has 0 unspecified atom stereocenters. The van der Waals surface area contributed by atoms with Crippen molar-refractivity contribution in [1.29, 1.82) is 0 Å². The van der Waals surface area contributed by atoms with Crippen LogP contribution in [0.15, 0.2) is 38.8 Å². The summed E-state index contributed by atoms with van der Waals surface area (Å²) < 4.78 is 0.956. The highest BCUT2D eigenvalue weighted by molar-refractivity contribution is 9.10. The maximum absolute atomic E-state index is 11.5. The van der Waals surface area contributed by atoms with E-state index in [2.05, 4.69) is 37.8 Å². The van der Waals surface area contributed by atoms with Gasteiger partial charge in [-0.3, -0.25) is 9.78 Å². The van der Waals surface area contributed by atoms with E-state index in [1.54, 1.807) is 12.3 Å². The van der Waals surface area contributed by atoms with Gasteiger partial charge in [0.25, 0.3) is 5.56 Å². The van der Waals surface area contributed by atoms with Crippen LogP contribution >= 0.6 is 27.7 Å². The SMILES string of the molecule is CCCc1cc(=O)[nH]c(SCc2ccc(Br)cn2)n1. The molecule has 0 saturated carbocycles. The van der Waals surface area contributed by atoms with Crippen molar-refractivity contribution in [3.8, 4) is 0 Å². The van der Waals surface area contributed by atoms with Crippen LogP contribution in [0, 0.1) is 0 Å². The Balaban J connectivity index is 2.06. The first kappa shape index (κ1) is 14.3. The number of pyridine rings is 1. The Morgan fingerprint density at radius 3 is 2.89 bits per heavy atom. The molecule has 0 amide bonds. The standard InChI is InChI=1S/C13H14BrN3OS/c1-2-3-10-6-12(18)17-13(16-10)19-8-11-5-4-9(14)7-15-11/h4-7H,2-3,8H2,1H3,(H,16,17,18). The largest absolute Gasteiger partial charge is 0.301 e. The molecular formula is C13H14BrN3OS. The molecule has 0 radical (unpaired) electrons. The van der Waals surface area contributed by atoms with Gasteiger partial charge in [-0.05, 0) is 34.5 Å². The van der Waals surface area contributed by atoms with E-state index in [-0.39, 0.29) is 5.56 Å². The highest BCUT2D eigenvalue weighted by atomic mass is 79.9. The predicted octanol–water partition coefficient (Wildman–Crippen LogP) is 3.17. The van der Waals surface area contributed by atoms with Gasteiger partial charge in [0.1, 0.15) is 0 Å². The van der Waals surface area contributed by atoms with Crippen molar-refractivity contribution in [3.63, 3.8) is 0 Å². The summed E-state index contributed by atoms with van der Waals surface area (Å²) in [5.41, 5.74) is 1.71. The zero-order valence-electron chi connectivity index (χ0n) is 10.5. The number of hydrogen-bond donors (Lipinski definition) is 1. The Bertz CT molecular complexity index is 598. The minimum atomic E-state index is -0.0929. The fourth-order valence-corrected chi connectivity index (χ4v) is 2.61. The van der Waals surface area contributed by atoms with E-state index in [0.717, 1.165) is 28.7 Å². The molecule has 0 aromatic carbocycles. The van der Waals surface area contributed by atoms with E-state index >= 15 is 0 Å². The Morgan fingerprint density at radius 1 is 1.37 bits per heavy atom. The summed E-state index contributed by atoms with van der Waals surface area (Å²) in [5, 5.41) is 0.653. The van der Waals surface area contributed by atoms with Gasteiger partial charge in [-0.15, -0.1) is 0 Å². The van der Waals surface area contributed by atoms with Gasteiger partial charge in [-0.25, -0.2) is 4.98 Å². The Hall–Kier alpha value is -1.14. The van der Waals surface area contributed by atoms with Crippen LogP contribution in [0.3, 0.4) is 0 Å². The first-order chi connectivity index (χ1) is 9.17. The predicted molar refractivity (Wildman–Crippen MR) is 80.4 cm³/mol. The van der Waals surface area contributed by atoms with Gasteiger partial charge in [0, 0.05) is 28.2 Å². The fraction of sp³-hybridized carbons (Fsp3) is 0.308. The van der Waals surface area contributed by atoms with Crippen molar-refractivity contribution in [2.45, 2.75) is 30.7 Å². The number of rotatable bonds is 5. The van der Waals surface area contributed by atoms with Gasteiger partial charge < -0.3 is 4.98 Å². The monoisotopic (exact) mass is 339 g/mol. The molecule has 19 heavy (non-hydrogen) atoms. The highest BCUT2D eigenvalue weighted by Crippen LogP contribution is 2.18. The van der Waals surface area contributed by atoms with Crippen molar-refractivity contribution in [2.24, 2.45) is 0 Å². The maximum Gasteiger partial charge on any atom is 0.251 e. The molecule has 2 rings (SSSR count). The van der Waals surface area contributed by atoms with Crippen molar-refractivity contribution in [3.05, 3.63) is 50.6 Å². The zero-order valence-corrected chi connectivity index (χ0v) is 12.9. The molecule has 2 aromatic rings. The first-order valence-electron chi connectivity index (χ1n) is 6.01. The molecular weight excluding hydrogens is 326 g/mol. The van der Waals surface area contributed by atoms with Crippen LogP contribution in [0.2, 0.25) is 0 Å². The second-order valence-corrected chi connectivity index (χ2v) is 5.93. The number of H-pyrrole nitrogens is 1. The average molecular weight is 340 g/mol. The van der Waals surface area contributed by atoms with Crippen LogP contribution < -0.4 is 5.56 Å². The molecule has 2 heterocycles. The van der Waals surface area contributed by atoms with Gasteiger partial charge in [0.05, 0.1) is 5.69 Å². The lowest BCUT2D eigenvalue weighted by atomic mass is 10.2. The second-order valence-electron chi connectivity index (χ2n) is 4.05. The van der Waals surface area contributed by atoms with E-state index in [9.17, 15) is 4.79 Å². The number of nitrogens with one attached hydrogen (secondary N) is 1. The zero-order chi connectivity index (χ0) is 13.7. The van der Waals surface area contributed by atoms with Crippen LogP contribution in [-0.2, 0) is 12.2 Å². The lowest BCUT2D eigenvalue weighted by Gasteiger charge is -2.03. The van der Waals surface area contributed by atoms with E-state index in [1.807, 2.05) is 12.1 Å². The third kappa shape index (κ3) is 4.47. The summed E-state index contributed by atoms with van der Waals surface area (Å²) in [7, 11) is 0. The topological polar surface area (TPSA) is 58.6 Å². The fourth-order valence-electron chi connectivity index (χ4n) is 1.57. The quantitative estimate of drug-likeness (QED) is 0.671. The van der Waals surface area contributed by atoms with E-state index in [1.165, 1.54) is 11.8 Å². The normalized spacial score (nSPS) is 10.6. The highest BCUT2D eigenvalue weighted by Gasteiger charge is 2.03. The lowest BCUT2D eigenvalue weighted by molar-refractivity contribution is 0.815. The van der Waals surface area contributed by atoms with Crippen LogP contribution in [-0.4, -0.2) is 15.0 Å². The molecule has 1 N–H and O–H groups in total. The third-order valence-corrected chi connectivity index (χ3v) is 3.80. The molecule has 0 saturated heterocycles. The van der Waals surface area contributed by atoms with Crippen molar-refractivity contribution in [1.82, 2.24) is 15.0 Å². The van der Waals surface area contributed by atoms with Gasteiger partial charge in [0.15, 0.2) is 5.16 Å². The number of thioether (sulfide) groups is 1. The van der Waals surface area contributed by atoms with Crippen molar-refractivity contribution in [2.75, 3.05) is 0 Å². The molecule has 0 aliphatic heterocycles. The number of halogens is 1. The summed E-state index contributed by atoms with van der Waals surface area (Å²) in [4.78, 5) is 23.0. The molecule has 0 aliphatic rings. The molecule has 4 nitrogen and oxygen atoms in total. The van der Waals surface area contributed by atoms with Gasteiger partial charge in [-0.2, -0.15) is 0 Å². The summed E-state index contributed by atoms with van der Waals surface area (Å²) in [5.74, 6) is 0.686. The minimum Gasteiger partial charge on any atom is -0.301 e. The molecule has 0 bridgehead atoms. The van der Waals surface area contributed by atoms with Crippen LogP contribution in [0.25, 0.3) is 0 Å².